The lowest BCUT2D eigenvalue weighted by Gasteiger charge is -2.32. The summed E-state index contributed by atoms with van der Waals surface area (Å²) in [5.74, 6) is -8.20. The number of carboxylic acid groups (broad SMARTS) is 2. The third-order valence-electron chi connectivity index (χ3n) is 9.42. The summed E-state index contributed by atoms with van der Waals surface area (Å²) in [6, 6.07) is -0.910. The number of aliphatic hydroxyl groups excluding tert-OH is 2. The summed E-state index contributed by atoms with van der Waals surface area (Å²) >= 11 is 0. The quantitative estimate of drug-likeness (QED) is 0.0467. The Bertz CT molecular complexity index is 1550. The first-order valence-corrected chi connectivity index (χ1v) is 19.0. The van der Waals surface area contributed by atoms with Crippen LogP contribution in [-0.2, 0) is 44.8 Å². The Hall–Kier alpha value is -5.18. The van der Waals surface area contributed by atoms with Crippen molar-refractivity contribution in [3.8, 4) is 0 Å². The average Bonchev–Trinajstić information content (AvgIpc) is 3.66. The van der Waals surface area contributed by atoms with Gasteiger partial charge in [-0.1, -0.05) is 44.2 Å². The van der Waals surface area contributed by atoms with Gasteiger partial charge in [0.05, 0.1) is 12.7 Å². The van der Waals surface area contributed by atoms with E-state index >= 15 is 0 Å². The second kappa shape index (κ2) is 23.8. The van der Waals surface area contributed by atoms with E-state index in [1.807, 2.05) is 0 Å². The molecule has 0 bridgehead atoms. The van der Waals surface area contributed by atoms with E-state index in [-0.39, 0.29) is 25.8 Å². The van der Waals surface area contributed by atoms with Crippen molar-refractivity contribution in [1.29, 1.82) is 0 Å². The smallest absolute Gasteiger partial charge is 0.326 e. The van der Waals surface area contributed by atoms with Gasteiger partial charge in [-0.2, -0.15) is 0 Å². The Morgan fingerprint density at radius 1 is 0.789 bits per heavy atom. The minimum atomic E-state index is -1.55. The number of nitrogens with zero attached hydrogens (tertiary/aromatic N) is 1. The van der Waals surface area contributed by atoms with E-state index in [0.29, 0.717) is 31.4 Å². The van der Waals surface area contributed by atoms with Crippen LogP contribution in [0.4, 0.5) is 0 Å². The predicted molar refractivity (Wildman–Crippen MR) is 204 cm³/mol. The van der Waals surface area contributed by atoms with Gasteiger partial charge in [0.15, 0.2) is 0 Å². The van der Waals surface area contributed by atoms with E-state index < -0.39 is 121 Å². The molecule has 1 fully saturated rings. The molecular formula is C37H58N8O12. The fraction of sp³-hybridized carbons (Fsp3) is 0.622. The van der Waals surface area contributed by atoms with E-state index in [1.54, 1.807) is 44.2 Å². The molecule has 20 heteroatoms. The molecule has 1 heterocycles. The molecule has 2 rings (SSSR count). The number of hydrogen-bond donors (Lipinski definition) is 11. The van der Waals surface area contributed by atoms with E-state index in [1.165, 1.54) is 11.8 Å². The van der Waals surface area contributed by atoms with Crippen molar-refractivity contribution in [1.82, 2.24) is 31.5 Å². The second-order valence-electron chi connectivity index (χ2n) is 14.4. The van der Waals surface area contributed by atoms with Gasteiger partial charge in [-0.3, -0.25) is 33.6 Å². The molecule has 1 aliphatic rings. The molecule has 1 aliphatic heterocycles. The Balaban J connectivity index is 2.32. The Labute approximate surface area is 330 Å². The molecule has 318 valence electrons. The maximum atomic E-state index is 13.9. The van der Waals surface area contributed by atoms with Gasteiger partial charge in [-0.25, -0.2) is 4.79 Å². The van der Waals surface area contributed by atoms with Crippen LogP contribution in [0.25, 0.3) is 0 Å². The van der Waals surface area contributed by atoms with Gasteiger partial charge >= 0.3 is 11.9 Å². The number of unbranched alkanes of at least 4 members (excludes halogenated alkanes) is 1. The first-order chi connectivity index (χ1) is 26.9. The van der Waals surface area contributed by atoms with Crippen LogP contribution in [0, 0.1) is 5.92 Å². The Morgan fingerprint density at radius 2 is 1.40 bits per heavy atom. The van der Waals surface area contributed by atoms with Crippen molar-refractivity contribution in [2.24, 2.45) is 17.4 Å². The highest BCUT2D eigenvalue weighted by Crippen LogP contribution is 2.21. The van der Waals surface area contributed by atoms with Gasteiger partial charge in [0.1, 0.15) is 42.3 Å². The predicted octanol–water partition coefficient (Wildman–Crippen LogP) is -2.92. The zero-order valence-electron chi connectivity index (χ0n) is 32.5. The Morgan fingerprint density at radius 3 is 1.96 bits per heavy atom. The topological polar surface area (TPSA) is 333 Å². The van der Waals surface area contributed by atoms with E-state index in [9.17, 15) is 58.8 Å². The summed E-state index contributed by atoms with van der Waals surface area (Å²) in [4.78, 5) is 105. The van der Waals surface area contributed by atoms with E-state index in [2.05, 4.69) is 26.6 Å². The number of benzene rings is 1. The molecule has 57 heavy (non-hydrogen) atoms. The summed E-state index contributed by atoms with van der Waals surface area (Å²) < 4.78 is 0. The second-order valence-corrected chi connectivity index (χ2v) is 14.4. The molecule has 20 nitrogen and oxygen atoms in total. The van der Waals surface area contributed by atoms with Crippen LogP contribution in [-0.4, -0.2) is 141 Å². The molecule has 0 aliphatic carbocycles. The molecule has 1 aromatic rings. The van der Waals surface area contributed by atoms with Gasteiger partial charge < -0.3 is 63.4 Å². The first kappa shape index (κ1) is 48.0. The SMILES string of the molecule is CC(C)[C@H](NC(=O)[C@@H](NC(=O)[C@@H](N)CO)[C@@H](C)O)C(=O)N1CCC[C@H]1C(=O)N[C@@H](CCC(=O)O)C(=O)N[C@@H](Cc1ccccc1)C(=O)N[C@@H](CCCCN)C(=O)O. The van der Waals surface area contributed by atoms with Crippen LogP contribution in [0.2, 0.25) is 0 Å². The number of carbonyl (C=O) groups excluding carboxylic acids is 6. The van der Waals surface area contributed by atoms with Crippen LogP contribution in [0.1, 0.15) is 71.3 Å². The van der Waals surface area contributed by atoms with Crippen molar-refractivity contribution in [2.45, 2.75) is 121 Å². The van der Waals surface area contributed by atoms with Crippen LogP contribution >= 0.6 is 0 Å². The fourth-order valence-electron chi connectivity index (χ4n) is 6.15. The van der Waals surface area contributed by atoms with Gasteiger partial charge in [-0.05, 0) is 63.5 Å². The molecular weight excluding hydrogens is 748 g/mol. The summed E-state index contributed by atoms with van der Waals surface area (Å²) in [7, 11) is 0. The summed E-state index contributed by atoms with van der Waals surface area (Å²) in [5, 5.41) is 50.9. The van der Waals surface area contributed by atoms with Crippen LogP contribution < -0.4 is 38.1 Å². The number of aliphatic hydroxyl groups is 2. The highest BCUT2D eigenvalue weighted by molar-refractivity contribution is 5.97. The largest absolute Gasteiger partial charge is 0.481 e. The normalized spacial score (nSPS) is 17.5. The van der Waals surface area contributed by atoms with E-state index in [4.69, 9.17) is 11.5 Å². The van der Waals surface area contributed by atoms with E-state index in [0.717, 1.165) is 0 Å². The van der Waals surface area contributed by atoms with Gasteiger partial charge in [0.25, 0.3) is 0 Å². The third-order valence-corrected chi connectivity index (χ3v) is 9.42. The highest BCUT2D eigenvalue weighted by Gasteiger charge is 2.41. The molecule has 1 saturated heterocycles. The van der Waals surface area contributed by atoms with Crippen molar-refractivity contribution in [3.63, 3.8) is 0 Å². The lowest BCUT2D eigenvalue weighted by molar-refractivity contribution is -0.144. The van der Waals surface area contributed by atoms with Crippen LogP contribution in [0.5, 0.6) is 0 Å². The van der Waals surface area contributed by atoms with Gasteiger partial charge in [0.2, 0.25) is 35.4 Å². The zero-order chi connectivity index (χ0) is 42.8. The number of aliphatic carboxylic acids is 2. The average molecular weight is 807 g/mol. The lowest BCUT2D eigenvalue weighted by Crippen LogP contribution is -2.62. The first-order valence-electron chi connectivity index (χ1n) is 19.0. The number of hydrogen-bond acceptors (Lipinski definition) is 12. The van der Waals surface area contributed by atoms with Crippen molar-refractivity contribution < 1.29 is 58.8 Å². The third kappa shape index (κ3) is 15.4. The van der Waals surface area contributed by atoms with Crippen LogP contribution in [0.15, 0.2) is 30.3 Å². The molecule has 0 unspecified atom stereocenters. The highest BCUT2D eigenvalue weighted by atomic mass is 16.4. The summed E-state index contributed by atoms with van der Waals surface area (Å²) in [6.45, 7) is 4.16. The number of amides is 6. The minimum absolute atomic E-state index is 0.0752. The molecule has 1 aromatic carbocycles. The standard InChI is InChI=1S/C37H58N8O12/c1-20(2)29(43-35(54)30(21(3)47)44-31(50)23(39)19-46)36(55)45-17-9-13-27(45)34(53)40-24(14-15-28(48)49)32(51)42-26(18-22-10-5-4-6-11-22)33(52)41-25(37(56)57)12-7-8-16-38/h4-6,10-11,20-21,23-27,29-30,46-47H,7-9,12-19,38-39H2,1-3H3,(H,40,53)(H,41,52)(H,42,51)(H,43,54)(H,44,50)(H,48,49)(H,56,57)/t21-,23+,24+,25+,26+,27+,29+,30+/m1/s1. The fourth-order valence-corrected chi connectivity index (χ4v) is 6.15. The van der Waals surface area contributed by atoms with Crippen molar-refractivity contribution >= 4 is 47.4 Å². The number of nitrogens with one attached hydrogen (secondary N) is 5. The maximum Gasteiger partial charge on any atom is 0.326 e. The number of likely N-dealkylation sites (tertiary alicyclic amines) is 1. The molecule has 0 saturated carbocycles. The molecule has 0 radical (unpaired) electrons. The molecule has 0 spiro atoms. The zero-order valence-corrected chi connectivity index (χ0v) is 32.5. The minimum Gasteiger partial charge on any atom is -0.481 e. The number of rotatable bonds is 24. The summed E-state index contributed by atoms with van der Waals surface area (Å²) in [6.07, 6.45) is -0.944. The van der Waals surface area contributed by atoms with Gasteiger partial charge in [-0.15, -0.1) is 0 Å². The lowest BCUT2D eigenvalue weighted by atomic mass is 10.0. The van der Waals surface area contributed by atoms with Crippen molar-refractivity contribution in [2.75, 3.05) is 19.7 Å². The number of carboxylic acids is 2. The van der Waals surface area contributed by atoms with Crippen LogP contribution in [0.3, 0.4) is 0 Å². The molecule has 0 aromatic heterocycles. The van der Waals surface area contributed by atoms with Crippen molar-refractivity contribution in [3.05, 3.63) is 35.9 Å². The maximum absolute atomic E-state index is 13.9. The summed E-state index contributed by atoms with van der Waals surface area (Å²) in [5.41, 5.74) is 11.7. The van der Waals surface area contributed by atoms with Gasteiger partial charge in [0, 0.05) is 19.4 Å². The monoisotopic (exact) mass is 806 g/mol. The number of carbonyl (C=O) groups is 8. The number of nitrogens with two attached hydrogens (primary N) is 2. The molecule has 8 atom stereocenters. The Kier molecular flexibility index (Phi) is 20.0. The molecule has 13 N–H and O–H groups in total. The molecule has 6 amide bonds.